The lowest BCUT2D eigenvalue weighted by Crippen LogP contribution is -2.32. The van der Waals surface area contributed by atoms with Crippen LogP contribution in [0.25, 0.3) is 11.1 Å². The maximum atomic E-state index is 13.6. The first-order valence-electron chi connectivity index (χ1n) is 12.7. The van der Waals surface area contributed by atoms with Crippen LogP contribution in [0.4, 0.5) is 4.79 Å². The van der Waals surface area contributed by atoms with Gasteiger partial charge in [0.05, 0.1) is 19.4 Å². The van der Waals surface area contributed by atoms with Gasteiger partial charge in [-0.25, -0.2) is 4.79 Å². The lowest BCUT2D eigenvalue weighted by atomic mass is 9.90. The molecule has 2 rings (SSSR count). The summed E-state index contributed by atoms with van der Waals surface area (Å²) in [6, 6.07) is 8.20. The smallest absolute Gasteiger partial charge is 0.407 e. The number of aromatic nitrogens is 1. The van der Waals surface area contributed by atoms with Crippen LogP contribution >= 0.6 is 7.60 Å². The van der Waals surface area contributed by atoms with E-state index in [0.717, 1.165) is 45.6 Å². The molecule has 0 unspecified atom stereocenters. The van der Waals surface area contributed by atoms with Crippen LogP contribution in [0.5, 0.6) is 0 Å². The minimum atomic E-state index is -3.41. The number of amides is 1. The molecule has 1 aromatic heterocycles. The maximum Gasteiger partial charge on any atom is 0.407 e. The van der Waals surface area contributed by atoms with Gasteiger partial charge >= 0.3 is 13.7 Å². The largest absolute Gasteiger partial charge is 0.444 e. The summed E-state index contributed by atoms with van der Waals surface area (Å²) in [5.74, 6) is 0.354. The standard InChI is InChI=1S/C28H43N2O5P/c1-10-33-36(32,34-11-2)18-24-21(6)30-25(16-19(3)4)23(17-29-27(31)35-28(7,8)9)26(24)22-14-12-20(5)13-15-22/h12-15,19H,10-11,16-18H2,1-9H3,(H,29,31). The quantitative estimate of drug-likeness (QED) is 0.313. The normalized spacial score (nSPS) is 12.2. The Labute approximate surface area is 216 Å². The van der Waals surface area contributed by atoms with Crippen LogP contribution in [-0.4, -0.2) is 29.9 Å². The van der Waals surface area contributed by atoms with E-state index in [-0.39, 0.29) is 25.9 Å². The zero-order valence-electron chi connectivity index (χ0n) is 23.4. The Bertz CT molecular complexity index is 1060. The summed E-state index contributed by atoms with van der Waals surface area (Å²) >= 11 is 0. The molecule has 0 aliphatic heterocycles. The molecule has 0 bridgehead atoms. The van der Waals surface area contributed by atoms with Crippen LogP contribution in [0, 0.1) is 19.8 Å². The first-order chi connectivity index (χ1) is 16.8. The van der Waals surface area contributed by atoms with E-state index in [1.807, 2.05) is 46.8 Å². The van der Waals surface area contributed by atoms with Crippen LogP contribution in [0.15, 0.2) is 24.3 Å². The van der Waals surface area contributed by atoms with Crippen molar-refractivity contribution in [3.8, 4) is 11.1 Å². The van der Waals surface area contributed by atoms with Crippen molar-refractivity contribution < 1.29 is 23.1 Å². The van der Waals surface area contributed by atoms with E-state index in [0.29, 0.717) is 5.92 Å². The summed E-state index contributed by atoms with van der Waals surface area (Å²) in [5.41, 5.74) is 5.78. The summed E-state index contributed by atoms with van der Waals surface area (Å²) in [6.07, 6.45) is 0.335. The van der Waals surface area contributed by atoms with Crippen molar-refractivity contribution >= 4 is 13.7 Å². The number of carbonyl (C=O) groups excluding carboxylic acids is 1. The van der Waals surface area contributed by atoms with E-state index < -0.39 is 19.3 Å². The zero-order valence-corrected chi connectivity index (χ0v) is 24.3. The predicted octanol–water partition coefficient (Wildman–Crippen LogP) is 7.35. The van der Waals surface area contributed by atoms with Gasteiger partial charge in [0.2, 0.25) is 0 Å². The fourth-order valence-corrected chi connectivity index (χ4v) is 5.86. The van der Waals surface area contributed by atoms with Crippen LogP contribution in [0.1, 0.15) is 76.5 Å². The number of nitrogens with zero attached hydrogens (tertiary/aromatic N) is 1. The van der Waals surface area contributed by atoms with Crippen LogP contribution in [0.2, 0.25) is 0 Å². The number of aryl methyl sites for hydroxylation is 2. The lowest BCUT2D eigenvalue weighted by Gasteiger charge is -2.25. The molecule has 1 heterocycles. The molecule has 8 heteroatoms. The third-order valence-electron chi connectivity index (χ3n) is 5.44. The van der Waals surface area contributed by atoms with Gasteiger partial charge in [-0.1, -0.05) is 43.7 Å². The second-order valence-electron chi connectivity index (χ2n) is 10.4. The van der Waals surface area contributed by atoms with E-state index in [2.05, 4.69) is 31.3 Å². The molecule has 1 N–H and O–H groups in total. The molecule has 0 atom stereocenters. The van der Waals surface area contributed by atoms with E-state index in [4.69, 9.17) is 18.8 Å². The third kappa shape index (κ3) is 8.72. The second kappa shape index (κ2) is 12.8. The van der Waals surface area contributed by atoms with Crippen molar-refractivity contribution in [2.75, 3.05) is 13.2 Å². The first-order valence-corrected chi connectivity index (χ1v) is 14.4. The number of alkyl carbamates (subject to hydrolysis) is 1. The highest BCUT2D eigenvalue weighted by atomic mass is 31.2. The Balaban J connectivity index is 2.74. The molecule has 7 nitrogen and oxygen atoms in total. The summed E-state index contributed by atoms with van der Waals surface area (Å²) in [7, 11) is -3.41. The molecule has 0 saturated carbocycles. The predicted molar refractivity (Wildman–Crippen MR) is 145 cm³/mol. The molecule has 2 aromatic rings. The Morgan fingerprint density at radius 3 is 2.11 bits per heavy atom. The molecule has 36 heavy (non-hydrogen) atoms. The van der Waals surface area contributed by atoms with Crippen molar-refractivity contribution in [1.29, 1.82) is 0 Å². The number of carbonyl (C=O) groups is 1. The van der Waals surface area contributed by atoms with Crippen LogP contribution in [-0.2, 0) is 37.5 Å². The minimum absolute atomic E-state index is 0.0954. The van der Waals surface area contributed by atoms with Gasteiger partial charge in [-0.05, 0) is 77.5 Å². The highest BCUT2D eigenvalue weighted by molar-refractivity contribution is 7.53. The average Bonchev–Trinajstić information content (AvgIpc) is 2.74. The number of nitrogens with one attached hydrogen (secondary N) is 1. The van der Waals surface area contributed by atoms with Crippen LogP contribution < -0.4 is 5.32 Å². The number of benzene rings is 1. The number of ether oxygens (including phenoxy) is 1. The summed E-state index contributed by atoms with van der Waals surface area (Å²) < 4.78 is 30.4. The highest BCUT2D eigenvalue weighted by Gasteiger charge is 2.30. The fraction of sp³-hybridized carbons (Fsp3) is 0.571. The summed E-state index contributed by atoms with van der Waals surface area (Å²) in [4.78, 5) is 17.5. The second-order valence-corrected chi connectivity index (χ2v) is 12.5. The Kier molecular flexibility index (Phi) is 10.7. The van der Waals surface area contributed by atoms with Crippen molar-refractivity contribution in [1.82, 2.24) is 10.3 Å². The molecule has 200 valence electrons. The average molecular weight is 519 g/mol. The van der Waals surface area contributed by atoms with Gasteiger partial charge in [0.15, 0.2) is 0 Å². The molecule has 1 amide bonds. The Hall–Kier alpha value is -2.21. The van der Waals surface area contributed by atoms with Crippen LogP contribution in [0.3, 0.4) is 0 Å². The summed E-state index contributed by atoms with van der Waals surface area (Å²) in [6.45, 7) is 18.1. The van der Waals surface area contributed by atoms with Crippen molar-refractivity contribution in [2.45, 2.75) is 87.0 Å². The van der Waals surface area contributed by atoms with Gasteiger partial charge in [0.1, 0.15) is 5.60 Å². The zero-order chi connectivity index (χ0) is 27.1. The molecular formula is C28H43N2O5P. The molecule has 0 radical (unpaired) electrons. The number of hydrogen-bond acceptors (Lipinski definition) is 6. The van der Waals surface area contributed by atoms with Crippen molar-refractivity contribution in [3.63, 3.8) is 0 Å². The highest BCUT2D eigenvalue weighted by Crippen LogP contribution is 2.53. The van der Waals surface area contributed by atoms with Gasteiger partial charge < -0.3 is 19.1 Å². The summed E-state index contributed by atoms with van der Waals surface area (Å²) in [5, 5.41) is 2.92. The Morgan fingerprint density at radius 2 is 1.61 bits per heavy atom. The molecular weight excluding hydrogens is 475 g/mol. The lowest BCUT2D eigenvalue weighted by molar-refractivity contribution is 0.0523. The molecule has 1 aromatic carbocycles. The fourth-order valence-electron chi connectivity index (χ4n) is 4.04. The topological polar surface area (TPSA) is 86.8 Å². The van der Waals surface area contributed by atoms with E-state index >= 15 is 0 Å². The van der Waals surface area contributed by atoms with E-state index in [1.54, 1.807) is 13.8 Å². The minimum Gasteiger partial charge on any atom is -0.444 e. The molecule has 0 spiro atoms. The van der Waals surface area contributed by atoms with Gasteiger partial charge in [-0.15, -0.1) is 0 Å². The van der Waals surface area contributed by atoms with Crippen molar-refractivity contribution in [2.24, 2.45) is 5.92 Å². The molecule has 0 aliphatic carbocycles. The number of hydrogen-bond donors (Lipinski definition) is 1. The SMILES string of the molecule is CCOP(=O)(Cc1c(C)nc(CC(C)C)c(CNC(=O)OC(C)(C)C)c1-c1ccc(C)cc1)OCC. The van der Waals surface area contributed by atoms with Gasteiger partial charge in [0, 0.05) is 23.5 Å². The molecule has 0 aliphatic rings. The monoisotopic (exact) mass is 518 g/mol. The van der Waals surface area contributed by atoms with Gasteiger partial charge in [0.25, 0.3) is 0 Å². The van der Waals surface area contributed by atoms with Gasteiger partial charge in [-0.2, -0.15) is 0 Å². The van der Waals surface area contributed by atoms with E-state index in [1.165, 1.54) is 0 Å². The molecule has 0 fully saturated rings. The van der Waals surface area contributed by atoms with E-state index in [9.17, 15) is 9.36 Å². The first kappa shape index (κ1) is 30.0. The van der Waals surface area contributed by atoms with Crippen molar-refractivity contribution in [3.05, 3.63) is 52.3 Å². The number of pyridine rings is 1. The Morgan fingerprint density at radius 1 is 1.03 bits per heavy atom. The third-order valence-corrected chi connectivity index (χ3v) is 7.45. The number of rotatable bonds is 11. The molecule has 0 saturated heterocycles. The maximum absolute atomic E-state index is 13.6. The van der Waals surface area contributed by atoms with Gasteiger partial charge in [-0.3, -0.25) is 9.55 Å².